The fraction of sp³-hybridized carbons (Fsp3) is 0.286. The zero-order chi connectivity index (χ0) is 19.6. The van der Waals surface area contributed by atoms with E-state index in [1.54, 1.807) is 0 Å². The first-order valence-electron chi connectivity index (χ1n) is 9.21. The lowest BCUT2D eigenvalue weighted by molar-refractivity contribution is -0.139. The highest BCUT2D eigenvalue weighted by Crippen LogP contribution is 2.17. The summed E-state index contributed by atoms with van der Waals surface area (Å²) in [6.45, 7) is 1.44. The van der Waals surface area contributed by atoms with E-state index < -0.39 is 11.8 Å². The molecule has 7 heteroatoms. The number of rotatable bonds is 7. The number of para-hydroxylation sites is 1. The molecule has 3 rings (SSSR count). The number of hydrazone groups is 1. The molecule has 1 saturated heterocycles. The summed E-state index contributed by atoms with van der Waals surface area (Å²) in [5.74, 6) is -0.926. The first kappa shape index (κ1) is 19.6. The van der Waals surface area contributed by atoms with Gasteiger partial charge in [-0.05, 0) is 30.5 Å². The van der Waals surface area contributed by atoms with Crippen LogP contribution in [0.2, 0.25) is 0 Å². The second-order valence-electron chi connectivity index (χ2n) is 6.36. The molecule has 7 nitrogen and oxygen atoms in total. The minimum Gasteiger partial charge on any atom is -0.488 e. The Bertz CT molecular complexity index is 817. The van der Waals surface area contributed by atoms with Crippen molar-refractivity contribution in [3.8, 4) is 5.75 Å². The average molecular weight is 381 g/mol. The van der Waals surface area contributed by atoms with E-state index in [2.05, 4.69) is 15.8 Å². The van der Waals surface area contributed by atoms with Gasteiger partial charge in [-0.1, -0.05) is 42.5 Å². The van der Waals surface area contributed by atoms with Crippen molar-refractivity contribution in [2.24, 2.45) is 5.10 Å². The number of nitrogens with zero attached hydrogens (tertiary/aromatic N) is 1. The molecule has 2 aromatic rings. The van der Waals surface area contributed by atoms with Crippen molar-refractivity contribution in [1.82, 2.24) is 10.7 Å². The topological polar surface area (TPSA) is 89.0 Å². The zero-order valence-electron chi connectivity index (χ0n) is 15.5. The Morgan fingerprint density at radius 3 is 2.68 bits per heavy atom. The number of carbonyl (C=O) groups excluding carboxylic acids is 2. The molecule has 2 aromatic carbocycles. The summed E-state index contributed by atoms with van der Waals surface area (Å²) in [4.78, 5) is 23.6. The number of benzene rings is 2. The predicted octanol–water partition coefficient (Wildman–Crippen LogP) is 2.01. The van der Waals surface area contributed by atoms with Crippen molar-refractivity contribution in [3.05, 3.63) is 65.7 Å². The molecule has 1 heterocycles. The summed E-state index contributed by atoms with van der Waals surface area (Å²) in [5.41, 5.74) is 3.97. The van der Waals surface area contributed by atoms with Crippen LogP contribution in [0, 0.1) is 0 Å². The van der Waals surface area contributed by atoms with Gasteiger partial charge in [0.25, 0.3) is 0 Å². The van der Waals surface area contributed by atoms with Gasteiger partial charge in [0, 0.05) is 18.7 Å². The third-order valence-corrected chi connectivity index (χ3v) is 4.25. The average Bonchev–Trinajstić information content (AvgIpc) is 3.25. The molecule has 1 fully saturated rings. The number of hydrogen-bond donors (Lipinski definition) is 2. The van der Waals surface area contributed by atoms with E-state index in [-0.39, 0.29) is 6.10 Å². The van der Waals surface area contributed by atoms with Crippen LogP contribution < -0.4 is 15.5 Å². The minimum atomic E-state index is -0.822. The summed E-state index contributed by atoms with van der Waals surface area (Å²) in [5, 5.41) is 6.41. The molecule has 1 atom stereocenters. The molecule has 1 aliphatic heterocycles. The number of carbonyl (C=O) groups is 2. The summed E-state index contributed by atoms with van der Waals surface area (Å²) >= 11 is 0. The standard InChI is InChI=1S/C21H23N3O4/c25-20(22-14-18-10-6-12-27-18)21(26)24-23-13-17-9-4-5-11-19(17)28-15-16-7-2-1-3-8-16/h1-5,7-9,11,13,18H,6,10,12,14-15H2,(H,22,25)(H,24,26)/b23-13-/t18-/m0/s1. The van der Waals surface area contributed by atoms with Gasteiger partial charge in [0.1, 0.15) is 12.4 Å². The van der Waals surface area contributed by atoms with E-state index in [1.165, 1.54) is 6.21 Å². The Kier molecular flexibility index (Phi) is 7.14. The van der Waals surface area contributed by atoms with Crippen LogP contribution in [0.4, 0.5) is 0 Å². The third kappa shape index (κ3) is 5.92. The van der Waals surface area contributed by atoms with Gasteiger partial charge in [-0.25, -0.2) is 5.43 Å². The maximum absolute atomic E-state index is 11.8. The van der Waals surface area contributed by atoms with Crippen LogP contribution in [0.5, 0.6) is 5.75 Å². The molecule has 0 radical (unpaired) electrons. The predicted molar refractivity (Wildman–Crippen MR) is 105 cm³/mol. The van der Waals surface area contributed by atoms with Crippen LogP contribution in [0.1, 0.15) is 24.0 Å². The molecule has 2 N–H and O–H groups in total. The molecule has 0 bridgehead atoms. The second-order valence-corrected chi connectivity index (χ2v) is 6.36. The van der Waals surface area contributed by atoms with Crippen molar-refractivity contribution < 1.29 is 19.1 Å². The molecule has 0 saturated carbocycles. The molecular formula is C21H23N3O4. The molecule has 0 aromatic heterocycles. The first-order chi connectivity index (χ1) is 13.7. The summed E-state index contributed by atoms with van der Waals surface area (Å²) in [6, 6.07) is 17.1. The van der Waals surface area contributed by atoms with Crippen molar-refractivity contribution >= 4 is 18.0 Å². The normalized spacial score (nSPS) is 16.1. The lowest BCUT2D eigenvalue weighted by Crippen LogP contribution is -2.41. The van der Waals surface area contributed by atoms with Crippen LogP contribution >= 0.6 is 0 Å². The molecule has 0 spiro atoms. The summed E-state index contributed by atoms with van der Waals surface area (Å²) in [6.07, 6.45) is 3.29. The Morgan fingerprint density at radius 2 is 1.89 bits per heavy atom. The molecular weight excluding hydrogens is 358 g/mol. The maximum Gasteiger partial charge on any atom is 0.329 e. The fourth-order valence-corrected chi connectivity index (χ4v) is 2.76. The Morgan fingerprint density at radius 1 is 1.11 bits per heavy atom. The van der Waals surface area contributed by atoms with E-state index in [1.807, 2.05) is 54.6 Å². The van der Waals surface area contributed by atoms with Crippen molar-refractivity contribution in [3.63, 3.8) is 0 Å². The highest BCUT2D eigenvalue weighted by Gasteiger charge is 2.18. The Balaban J connectivity index is 1.49. The third-order valence-electron chi connectivity index (χ3n) is 4.25. The maximum atomic E-state index is 11.8. The molecule has 0 aliphatic carbocycles. The highest BCUT2D eigenvalue weighted by atomic mass is 16.5. The highest BCUT2D eigenvalue weighted by molar-refractivity contribution is 6.35. The summed E-state index contributed by atoms with van der Waals surface area (Å²) in [7, 11) is 0. The van der Waals surface area contributed by atoms with Crippen LogP contribution in [0.25, 0.3) is 0 Å². The molecule has 0 unspecified atom stereocenters. The van der Waals surface area contributed by atoms with Gasteiger partial charge in [0.15, 0.2) is 0 Å². The SMILES string of the molecule is O=C(NC[C@@H]1CCCO1)C(=O)N/N=C\c1ccccc1OCc1ccccc1. The minimum absolute atomic E-state index is 0.0195. The van der Waals surface area contributed by atoms with E-state index >= 15 is 0 Å². The monoisotopic (exact) mass is 381 g/mol. The van der Waals surface area contributed by atoms with Crippen LogP contribution in [0.3, 0.4) is 0 Å². The lowest BCUT2D eigenvalue weighted by Gasteiger charge is -2.10. The van der Waals surface area contributed by atoms with E-state index in [4.69, 9.17) is 9.47 Å². The first-order valence-corrected chi connectivity index (χ1v) is 9.21. The fourth-order valence-electron chi connectivity index (χ4n) is 2.76. The largest absolute Gasteiger partial charge is 0.488 e. The number of ether oxygens (including phenoxy) is 2. The van der Waals surface area contributed by atoms with Crippen LogP contribution in [0.15, 0.2) is 59.7 Å². The van der Waals surface area contributed by atoms with Gasteiger partial charge in [0.05, 0.1) is 12.3 Å². The van der Waals surface area contributed by atoms with Gasteiger partial charge in [0.2, 0.25) is 0 Å². The number of nitrogens with one attached hydrogen (secondary N) is 2. The summed E-state index contributed by atoms with van der Waals surface area (Å²) < 4.78 is 11.2. The van der Waals surface area contributed by atoms with Gasteiger partial charge < -0.3 is 14.8 Å². The Hall–Kier alpha value is -3.19. The quantitative estimate of drug-likeness (QED) is 0.436. The number of amides is 2. The molecule has 1 aliphatic rings. The van der Waals surface area contributed by atoms with Crippen molar-refractivity contribution in [2.45, 2.75) is 25.6 Å². The van der Waals surface area contributed by atoms with E-state index in [0.717, 1.165) is 18.4 Å². The lowest BCUT2D eigenvalue weighted by atomic mass is 10.2. The van der Waals surface area contributed by atoms with Gasteiger partial charge >= 0.3 is 11.8 Å². The smallest absolute Gasteiger partial charge is 0.329 e. The van der Waals surface area contributed by atoms with Crippen molar-refractivity contribution in [2.75, 3.05) is 13.2 Å². The molecule has 28 heavy (non-hydrogen) atoms. The number of hydrogen-bond acceptors (Lipinski definition) is 5. The molecule has 146 valence electrons. The van der Waals surface area contributed by atoms with E-state index in [0.29, 0.717) is 31.1 Å². The van der Waals surface area contributed by atoms with Crippen LogP contribution in [-0.4, -0.2) is 37.3 Å². The molecule has 2 amide bonds. The van der Waals surface area contributed by atoms with Crippen molar-refractivity contribution in [1.29, 1.82) is 0 Å². The van der Waals surface area contributed by atoms with Gasteiger partial charge in [-0.15, -0.1) is 0 Å². The van der Waals surface area contributed by atoms with Crippen LogP contribution in [-0.2, 0) is 20.9 Å². The Labute approximate surface area is 163 Å². The zero-order valence-corrected chi connectivity index (χ0v) is 15.5. The van der Waals surface area contributed by atoms with Gasteiger partial charge in [-0.3, -0.25) is 9.59 Å². The van der Waals surface area contributed by atoms with Gasteiger partial charge in [-0.2, -0.15) is 5.10 Å². The second kappa shape index (κ2) is 10.2. The van der Waals surface area contributed by atoms with E-state index in [9.17, 15) is 9.59 Å².